The molecule has 16 heavy (non-hydrogen) atoms. The third-order valence-electron chi connectivity index (χ3n) is 2.35. The quantitative estimate of drug-likeness (QED) is 0.856. The summed E-state index contributed by atoms with van der Waals surface area (Å²) in [6.45, 7) is 1.90. The molecule has 3 nitrogen and oxygen atoms in total. The summed E-state index contributed by atoms with van der Waals surface area (Å²) in [4.78, 5) is 3.89. The monoisotopic (exact) mass is 219 g/mol. The number of rotatable bonds is 3. The lowest BCUT2D eigenvalue weighted by Gasteiger charge is -2.08. The number of aromatic nitrogens is 2. The van der Waals surface area contributed by atoms with E-state index in [1.165, 1.54) is 6.07 Å². The normalized spacial score (nSPS) is 12.7. The molecule has 2 rings (SSSR count). The summed E-state index contributed by atoms with van der Waals surface area (Å²) >= 11 is 0. The maximum absolute atomic E-state index is 13.8. The van der Waals surface area contributed by atoms with Crippen LogP contribution in [0.4, 0.5) is 4.39 Å². The van der Waals surface area contributed by atoms with Gasteiger partial charge in [-0.3, -0.25) is 0 Å². The van der Waals surface area contributed by atoms with Crippen LogP contribution in [0, 0.1) is 5.82 Å². The summed E-state index contributed by atoms with van der Waals surface area (Å²) in [6, 6.07) is 5.20. The minimum Gasteiger partial charge on any atom is -0.328 e. The Morgan fingerprint density at radius 1 is 1.50 bits per heavy atom. The topological polar surface area (TPSA) is 43.8 Å². The second kappa shape index (κ2) is 4.45. The Hall–Kier alpha value is -1.68. The second-order valence-electron chi connectivity index (χ2n) is 3.94. The average Bonchev–Trinajstić information content (AvgIpc) is 2.69. The summed E-state index contributed by atoms with van der Waals surface area (Å²) in [7, 11) is 0. The zero-order valence-corrected chi connectivity index (χ0v) is 9.10. The molecule has 0 aliphatic rings. The van der Waals surface area contributed by atoms with Gasteiger partial charge in [-0.05, 0) is 31.0 Å². The van der Waals surface area contributed by atoms with Gasteiger partial charge in [0.2, 0.25) is 0 Å². The second-order valence-corrected chi connectivity index (χ2v) is 3.94. The van der Waals surface area contributed by atoms with E-state index in [1.807, 2.05) is 13.0 Å². The van der Waals surface area contributed by atoms with Crippen molar-refractivity contribution in [2.24, 2.45) is 5.73 Å². The number of benzene rings is 1. The number of halogens is 1. The smallest absolute Gasteiger partial charge is 0.147 e. The highest BCUT2D eigenvalue weighted by Crippen LogP contribution is 2.15. The first-order valence-electron chi connectivity index (χ1n) is 5.19. The maximum Gasteiger partial charge on any atom is 0.147 e. The molecule has 0 spiro atoms. The lowest BCUT2D eigenvalue weighted by atomic mass is 10.1. The molecule has 0 saturated heterocycles. The van der Waals surface area contributed by atoms with Crippen LogP contribution in [0.15, 0.2) is 36.9 Å². The van der Waals surface area contributed by atoms with Gasteiger partial charge in [0, 0.05) is 18.4 Å². The summed E-state index contributed by atoms with van der Waals surface area (Å²) in [6.07, 6.45) is 5.59. The number of nitrogens with zero attached hydrogens (tertiary/aromatic N) is 2. The van der Waals surface area contributed by atoms with Crippen molar-refractivity contribution in [2.45, 2.75) is 19.4 Å². The van der Waals surface area contributed by atoms with E-state index in [4.69, 9.17) is 5.73 Å². The fourth-order valence-corrected chi connectivity index (χ4v) is 1.66. The molecule has 84 valence electrons. The molecular formula is C12H14FN3. The number of imidazole rings is 1. The van der Waals surface area contributed by atoms with Crippen molar-refractivity contribution in [3.05, 3.63) is 48.3 Å². The first-order valence-corrected chi connectivity index (χ1v) is 5.19. The van der Waals surface area contributed by atoms with E-state index in [-0.39, 0.29) is 11.9 Å². The highest BCUT2D eigenvalue weighted by molar-refractivity contribution is 5.36. The molecule has 4 heteroatoms. The van der Waals surface area contributed by atoms with Gasteiger partial charge < -0.3 is 10.3 Å². The highest BCUT2D eigenvalue weighted by atomic mass is 19.1. The predicted octanol–water partition coefficient (Wildman–Crippen LogP) is 1.90. The van der Waals surface area contributed by atoms with Gasteiger partial charge in [-0.25, -0.2) is 9.37 Å². The van der Waals surface area contributed by atoms with E-state index in [0.29, 0.717) is 12.1 Å². The SMILES string of the molecule is CC(N)Cc1ccc(-n2ccnc2)c(F)c1. The molecule has 1 atom stereocenters. The van der Waals surface area contributed by atoms with Crippen molar-refractivity contribution in [3.8, 4) is 5.69 Å². The van der Waals surface area contributed by atoms with Crippen LogP contribution in [0.3, 0.4) is 0 Å². The maximum atomic E-state index is 13.8. The third-order valence-corrected chi connectivity index (χ3v) is 2.35. The Kier molecular flexibility index (Phi) is 3.01. The Bertz CT molecular complexity index is 463. The van der Waals surface area contributed by atoms with E-state index in [1.54, 1.807) is 29.4 Å². The minimum atomic E-state index is -0.254. The van der Waals surface area contributed by atoms with E-state index >= 15 is 0 Å². The van der Waals surface area contributed by atoms with Crippen LogP contribution < -0.4 is 5.73 Å². The van der Waals surface area contributed by atoms with Crippen molar-refractivity contribution in [1.82, 2.24) is 9.55 Å². The molecule has 1 heterocycles. The van der Waals surface area contributed by atoms with Crippen molar-refractivity contribution in [2.75, 3.05) is 0 Å². The van der Waals surface area contributed by atoms with Crippen LogP contribution >= 0.6 is 0 Å². The first kappa shape index (κ1) is 10.8. The zero-order valence-electron chi connectivity index (χ0n) is 9.10. The van der Waals surface area contributed by atoms with Gasteiger partial charge in [-0.2, -0.15) is 0 Å². The fraction of sp³-hybridized carbons (Fsp3) is 0.250. The Balaban J connectivity index is 2.30. The standard InChI is InChI=1S/C12H14FN3/c1-9(14)6-10-2-3-12(11(13)7-10)16-5-4-15-8-16/h2-5,7-9H,6,14H2,1H3. The number of hydrogen-bond donors (Lipinski definition) is 1. The molecule has 0 aliphatic carbocycles. The highest BCUT2D eigenvalue weighted by Gasteiger charge is 2.06. The Labute approximate surface area is 93.7 Å². The molecule has 0 bridgehead atoms. The summed E-state index contributed by atoms with van der Waals surface area (Å²) in [5, 5.41) is 0. The Morgan fingerprint density at radius 3 is 2.88 bits per heavy atom. The molecule has 1 aromatic carbocycles. The van der Waals surface area contributed by atoms with Crippen LogP contribution in [0.5, 0.6) is 0 Å². The van der Waals surface area contributed by atoms with E-state index in [0.717, 1.165) is 5.56 Å². The molecule has 2 aromatic rings. The largest absolute Gasteiger partial charge is 0.328 e. The van der Waals surface area contributed by atoms with Crippen LogP contribution in [0.1, 0.15) is 12.5 Å². The molecule has 1 unspecified atom stereocenters. The van der Waals surface area contributed by atoms with Gasteiger partial charge in [0.1, 0.15) is 5.82 Å². The fourth-order valence-electron chi connectivity index (χ4n) is 1.66. The third kappa shape index (κ3) is 2.28. The van der Waals surface area contributed by atoms with Crippen LogP contribution in [0.2, 0.25) is 0 Å². The van der Waals surface area contributed by atoms with Crippen molar-refractivity contribution in [3.63, 3.8) is 0 Å². The van der Waals surface area contributed by atoms with Gasteiger partial charge in [0.05, 0.1) is 12.0 Å². The van der Waals surface area contributed by atoms with Gasteiger partial charge >= 0.3 is 0 Å². The lowest BCUT2D eigenvalue weighted by molar-refractivity contribution is 0.613. The van der Waals surface area contributed by atoms with Gasteiger partial charge in [-0.1, -0.05) is 6.07 Å². The summed E-state index contributed by atoms with van der Waals surface area (Å²) < 4.78 is 15.4. The van der Waals surface area contributed by atoms with Gasteiger partial charge in [-0.15, -0.1) is 0 Å². The molecule has 0 fully saturated rings. The number of hydrogen-bond acceptors (Lipinski definition) is 2. The van der Waals surface area contributed by atoms with Crippen molar-refractivity contribution < 1.29 is 4.39 Å². The molecule has 0 saturated carbocycles. The van der Waals surface area contributed by atoms with Gasteiger partial charge in [0.25, 0.3) is 0 Å². The molecular weight excluding hydrogens is 205 g/mol. The molecule has 0 radical (unpaired) electrons. The van der Waals surface area contributed by atoms with Crippen LogP contribution in [-0.2, 0) is 6.42 Å². The van der Waals surface area contributed by atoms with Gasteiger partial charge in [0.15, 0.2) is 0 Å². The Morgan fingerprint density at radius 2 is 2.31 bits per heavy atom. The molecule has 0 amide bonds. The molecule has 1 aromatic heterocycles. The summed E-state index contributed by atoms with van der Waals surface area (Å²) in [5.41, 5.74) is 7.09. The van der Waals surface area contributed by atoms with Crippen LogP contribution in [0.25, 0.3) is 5.69 Å². The molecule has 2 N–H and O–H groups in total. The predicted molar refractivity (Wildman–Crippen MR) is 60.9 cm³/mol. The van der Waals surface area contributed by atoms with E-state index < -0.39 is 0 Å². The van der Waals surface area contributed by atoms with Crippen LogP contribution in [-0.4, -0.2) is 15.6 Å². The van der Waals surface area contributed by atoms with E-state index in [2.05, 4.69) is 4.98 Å². The minimum absolute atomic E-state index is 0.0403. The van der Waals surface area contributed by atoms with Crippen molar-refractivity contribution >= 4 is 0 Å². The molecule has 0 aliphatic heterocycles. The lowest BCUT2D eigenvalue weighted by Crippen LogP contribution is -2.17. The number of nitrogens with two attached hydrogens (primary N) is 1. The average molecular weight is 219 g/mol. The summed E-state index contributed by atoms with van der Waals surface area (Å²) in [5.74, 6) is -0.254. The first-order chi connectivity index (χ1) is 7.66. The van der Waals surface area contributed by atoms with Crippen molar-refractivity contribution in [1.29, 1.82) is 0 Å². The zero-order chi connectivity index (χ0) is 11.5. The van der Waals surface area contributed by atoms with E-state index in [9.17, 15) is 4.39 Å².